The third-order valence-electron chi connectivity index (χ3n) is 5.91. The molecular weight excluding hydrogens is 298 g/mol. The number of amides is 1. The summed E-state index contributed by atoms with van der Waals surface area (Å²) < 4.78 is 0. The first kappa shape index (κ1) is 17.4. The molecule has 1 atom stereocenters. The van der Waals surface area contributed by atoms with Crippen molar-refractivity contribution in [1.82, 2.24) is 15.2 Å². The molecule has 2 fully saturated rings. The first-order chi connectivity index (χ1) is 11.7. The average molecular weight is 329 g/mol. The van der Waals surface area contributed by atoms with E-state index in [1.807, 2.05) is 12.3 Å². The van der Waals surface area contributed by atoms with Crippen molar-refractivity contribution in [3.8, 4) is 0 Å². The van der Waals surface area contributed by atoms with Gasteiger partial charge in [-0.05, 0) is 63.7 Å². The van der Waals surface area contributed by atoms with Crippen LogP contribution in [0.15, 0.2) is 18.3 Å². The fourth-order valence-electron chi connectivity index (χ4n) is 4.49. The molecule has 1 saturated carbocycles. The lowest BCUT2D eigenvalue weighted by atomic mass is 9.79. The van der Waals surface area contributed by atoms with Gasteiger partial charge < -0.3 is 5.32 Å². The van der Waals surface area contributed by atoms with E-state index in [0.29, 0.717) is 0 Å². The molecule has 2 heterocycles. The highest BCUT2D eigenvalue weighted by atomic mass is 16.2. The number of hydrogen-bond acceptors (Lipinski definition) is 3. The van der Waals surface area contributed by atoms with Crippen molar-refractivity contribution in [2.45, 2.75) is 76.8 Å². The predicted molar refractivity (Wildman–Crippen MR) is 96.8 cm³/mol. The molecule has 2 aliphatic rings. The van der Waals surface area contributed by atoms with E-state index in [9.17, 15) is 4.79 Å². The van der Waals surface area contributed by atoms with Gasteiger partial charge in [-0.15, -0.1) is 0 Å². The van der Waals surface area contributed by atoms with E-state index in [4.69, 9.17) is 0 Å². The van der Waals surface area contributed by atoms with Crippen LogP contribution in [0.1, 0.15) is 75.6 Å². The minimum atomic E-state index is -0.273. The molecule has 0 radical (unpaired) electrons. The molecule has 1 aliphatic carbocycles. The van der Waals surface area contributed by atoms with Crippen molar-refractivity contribution in [1.29, 1.82) is 0 Å². The molecule has 1 amide bonds. The van der Waals surface area contributed by atoms with Gasteiger partial charge in [0, 0.05) is 6.20 Å². The number of nitrogens with zero attached hydrogens (tertiary/aromatic N) is 2. The first-order valence-corrected chi connectivity index (χ1v) is 9.65. The third-order valence-corrected chi connectivity index (χ3v) is 5.91. The summed E-state index contributed by atoms with van der Waals surface area (Å²) in [6.07, 6.45) is 10.8. The third kappa shape index (κ3) is 3.34. The molecule has 1 N–H and O–H groups in total. The Morgan fingerprint density at radius 1 is 1.25 bits per heavy atom. The summed E-state index contributed by atoms with van der Waals surface area (Å²) in [5.74, 6) is 0.237. The molecule has 1 aromatic rings. The highest BCUT2D eigenvalue weighted by Crippen LogP contribution is 2.37. The minimum absolute atomic E-state index is 0.0140. The number of carbonyl (C=O) groups is 1. The number of carbonyl (C=O) groups excluding carboxylic acids is 1. The molecule has 132 valence electrons. The van der Waals surface area contributed by atoms with Gasteiger partial charge in [0.1, 0.15) is 5.54 Å². The Kier molecular flexibility index (Phi) is 5.54. The summed E-state index contributed by atoms with van der Waals surface area (Å²) in [4.78, 5) is 20.4. The number of pyridine rings is 1. The van der Waals surface area contributed by atoms with E-state index in [1.165, 1.54) is 32.1 Å². The van der Waals surface area contributed by atoms with Crippen molar-refractivity contribution in [2.24, 2.45) is 0 Å². The van der Waals surface area contributed by atoms with Gasteiger partial charge in [-0.1, -0.05) is 32.3 Å². The summed E-state index contributed by atoms with van der Waals surface area (Å²) in [5.41, 5.74) is 1.90. The molecular formula is C20H31N3O. The zero-order valence-electron chi connectivity index (χ0n) is 15.2. The molecule has 24 heavy (non-hydrogen) atoms. The second-order valence-electron chi connectivity index (χ2n) is 7.43. The fourth-order valence-corrected chi connectivity index (χ4v) is 4.49. The Morgan fingerprint density at radius 2 is 1.96 bits per heavy atom. The van der Waals surface area contributed by atoms with Gasteiger partial charge in [-0.2, -0.15) is 0 Å². The van der Waals surface area contributed by atoms with Gasteiger partial charge in [-0.3, -0.25) is 14.7 Å². The Balaban J connectivity index is 1.80. The Morgan fingerprint density at radius 3 is 2.58 bits per heavy atom. The molecule has 0 spiro atoms. The fraction of sp³-hybridized carbons (Fsp3) is 0.700. The number of likely N-dealkylation sites (tertiary alicyclic amines) is 1. The first-order valence-electron chi connectivity index (χ1n) is 9.65. The standard InChI is InChI=1S/C20H31N3O/c1-3-17(18-16(2)10-9-13-21-18)22-19(24)20(11-5-4-6-12-20)23-14-7-8-15-23/h9-10,13,17H,3-8,11-12,14-15H2,1-2H3,(H,22,24). The second-order valence-corrected chi connectivity index (χ2v) is 7.43. The topological polar surface area (TPSA) is 45.2 Å². The zero-order valence-corrected chi connectivity index (χ0v) is 15.2. The largest absolute Gasteiger partial charge is 0.346 e. The summed E-state index contributed by atoms with van der Waals surface area (Å²) in [6, 6.07) is 4.05. The molecule has 0 aromatic carbocycles. The van der Waals surface area contributed by atoms with Crippen LogP contribution >= 0.6 is 0 Å². The summed E-state index contributed by atoms with van der Waals surface area (Å²) in [5, 5.41) is 3.37. The highest BCUT2D eigenvalue weighted by molar-refractivity contribution is 5.87. The summed E-state index contributed by atoms with van der Waals surface area (Å²) in [7, 11) is 0. The molecule has 0 bridgehead atoms. The van der Waals surface area contributed by atoms with Crippen molar-refractivity contribution >= 4 is 5.91 Å². The van der Waals surface area contributed by atoms with Crippen LogP contribution in [0.3, 0.4) is 0 Å². The second kappa shape index (κ2) is 7.64. The predicted octanol–water partition coefficient (Wildman–Crippen LogP) is 3.76. The molecule has 3 rings (SSSR count). The molecule has 4 heteroatoms. The van der Waals surface area contributed by atoms with Crippen LogP contribution in [0.25, 0.3) is 0 Å². The van der Waals surface area contributed by atoms with Crippen LogP contribution in [-0.2, 0) is 4.79 Å². The highest BCUT2D eigenvalue weighted by Gasteiger charge is 2.45. The van der Waals surface area contributed by atoms with Crippen LogP contribution in [0.2, 0.25) is 0 Å². The molecule has 4 nitrogen and oxygen atoms in total. The molecule has 1 aliphatic heterocycles. The quantitative estimate of drug-likeness (QED) is 0.895. The number of hydrogen-bond donors (Lipinski definition) is 1. The van der Waals surface area contributed by atoms with E-state index in [2.05, 4.69) is 35.1 Å². The maximum absolute atomic E-state index is 13.4. The van der Waals surface area contributed by atoms with Gasteiger partial charge >= 0.3 is 0 Å². The number of rotatable bonds is 5. The van der Waals surface area contributed by atoms with Gasteiger partial charge in [-0.25, -0.2) is 0 Å². The van der Waals surface area contributed by atoms with Crippen LogP contribution in [0, 0.1) is 6.92 Å². The summed E-state index contributed by atoms with van der Waals surface area (Å²) >= 11 is 0. The summed E-state index contributed by atoms with van der Waals surface area (Å²) in [6.45, 7) is 6.36. The lowest BCUT2D eigenvalue weighted by Gasteiger charge is -2.44. The lowest BCUT2D eigenvalue weighted by Crippen LogP contribution is -2.59. The number of nitrogens with one attached hydrogen (secondary N) is 1. The Bertz CT molecular complexity index is 560. The monoisotopic (exact) mass is 329 g/mol. The van der Waals surface area contributed by atoms with E-state index in [0.717, 1.165) is 43.6 Å². The number of aromatic nitrogens is 1. The molecule has 1 aromatic heterocycles. The molecule has 1 unspecified atom stereocenters. The zero-order chi connectivity index (χ0) is 17.0. The smallest absolute Gasteiger partial charge is 0.241 e. The normalized spacial score (nSPS) is 22.2. The maximum Gasteiger partial charge on any atom is 0.241 e. The molecule has 1 saturated heterocycles. The number of aryl methyl sites for hydroxylation is 1. The van der Waals surface area contributed by atoms with Crippen molar-refractivity contribution in [2.75, 3.05) is 13.1 Å². The van der Waals surface area contributed by atoms with Crippen molar-refractivity contribution < 1.29 is 4.79 Å². The van der Waals surface area contributed by atoms with E-state index < -0.39 is 0 Å². The Hall–Kier alpha value is -1.42. The van der Waals surface area contributed by atoms with Crippen LogP contribution in [0.5, 0.6) is 0 Å². The van der Waals surface area contributed by atoms with Gasteiger partial charge in [0.05, 0.1) is 11.7 Å². The SMILES string of the molecule is CCC(NC(=O)C1(N2CCCC2)CCCCC1)c1ncccc1C. The van der Waals surface area contributed by atoms with Crippen LogP contribution < -0.4 is 5.32 Å². The maximum atomic E-state index is 13.4. The van der Waals surface area contributed by atoms with Gasteiger partial charge in [0.2, 0.25) is 5.91 Å². The van der Waals surface area contributed by atoms with Crippen LogP contribution in [0.4, 0.5) is 0 Å². The van der Waals surface area contributed by atoms with E-state index in [1.54, 1.807) is 0 Å². The lowest BCUT2D eigenvalue weighted by molar-refractivity contribution is -0.136. The van der Waals surface area contributed by atoms with Crippen LogP contribution in [-0.4, -0.2) is 34.4 Å². The van der Waals surface area contributed by atoms with E-state index >= 15 is 0 Å². The van der Waals surface area contributed by atoms with Crippen molar-refractivity contribution in [3.63, 3.8) is 0 Å². The van der Waals surface area contributed by atoms with Gasteiger partial charge in [0.25, 0.3) is 0 Å². The average Bonchev–Trinajstić information content (AvgIpc) is 3.16. The Labute approximate surface area is 146 Å². The van der Waals surface area contributed by atoms with Gasteiger partial charge in [0.15, 0.2) is 0 Å². The van der Waals surface area contributed by atoms with E-state index in [-0.39, 0.29) is 17.5 Å². The minimum Gasteiger partial charge on any atom is -0.346 e. The van der Waals surface area contributed by atoms with Crippen molar-refractivity contribution in [3.05, 3.63) is 29.6 Å².